The summed E-state index contributed by atoms with van der Waals surface area (Å²) in [5, 5.41) is 2.28. The smallest absolute Gasteiger partial charge is 0.313 e. The SMILES string of the molecule is O=C(Nc1ccccc1F)C(=O)N1CCCC1. The quantitative estimate of drug-likeness (QED) is 0.749. The van der Waals surface area contributed by atoms with Gasteiger partial charge in [-0.25, -0.2) is 4.39 Å². The Morgan fingerprint density at radius 3 is 2.47 bits per heavy atom. The van der Waals surface area contributed by atoms with Crippen LogP contribution in [-0.4, -0.2) is 29.8 Å². The summed E-state index contributed by atoms with van der Waals surface area (Å²) in [4.78, 5) is 24.7. The zero-order chi connectivity index (χ0) is 12.3. The second kappa shape index (κ2) is 4.95. The van der Waals surface area contributed by atoms with E-state index < -0.39 is 17.6 Å². The summed E-state index contributed by atoms with van der Waals surface area (Å²) in [6, 6.07) is 5.77. The molecule has 1 fully saturated rings. The molecule has 1 aromatic rings. The van der Waals surface area contributed by atoms with Crippen LogP contribution in [0.3, 0.4) is 0 Å². The van der Waals surface area contributed by atoms with Crippen LogP contribution in [0.25, 0.3) is 0 Å². The number of amides is 2. The minimum absolute atomic E-state index is 0.0325. The molecular weight excluding hydrogens is 223 g/mol. The fourth-order valence-electron chi connectivity index (χ4n) is 1.80. The van der Waals surface area contributed by atoms with Gasteiger partial charge < -0.3 is 10.2 Å². The predicted octanol–water partition coefficient (Wildman–Crippen LogP) is 1.39. The molecule has 5 heteroatoms. The van der Waals surface area contributed by atoms with Crippen LogP contribution in [0.2, 0.25) is 0 Å². The Hall–Kier alpha value is -1.91. The molecule has 0 unspecified atom stereocenters. The molecular formula is C12H13FN2O2. The number of benzene rings is 1. The molecule has 1 saturated heterocycles. The Morgan fingerprint density at radius 2 is 1.82 bits per heavy atom. The molecule has 2 amide bonds. The van der Waals surface area contributed by atoms with Gasteiger partial charge in [-0.1, -0.05) is 12.1 Å². The number of likely N-dealkylation sites (tertiary alicyclic amines) is 1. The van der Waals surface area contributed by atoms with E-state index in [1.54, 1.807) is 6.07 Å². The van der Waals surface area contributed by atoms with E-state index in [0.29, 0.717) is 13.1 Å². The van der Waals surface area contributed by atoms with Gasteiger partial charge in [-0.3, -0.25) is 9.59 Å². The third-order valence-corrected chi connectivity index (χ3v) is 2.71. The first kappa shape index (κ1) is 11.6. The fourth-order valence-corrected chi connectivity index (χ4v) is 1.80. The van der Waals surface area contributed by atoms with Gasteiger partial charge in [-0.2, -0.15) is 0 Å². The first-order valence-corrected chi connectivity index (χ1v) is 5.53. The normalized spacial score (nSPS) is 14.8. The highest BCUT2D eigenvalue weighted by Gasteiger charge is 2.24. The zero-order valence-electron chi connectivity index (χ0n) is 9.28. The van der Waals surface area contributed by atoms with E-state index >= 15 is 0 Å². The number of hydrogen-bond donors (Lipinski definition) is 1. The van der Waals surface area contributed by atoms with E-state index in [1.807, 2.05) is 0 Å². The van der Waals surface area contributed by atoms with Crippen molar-refractivity contribution in [1.82, 2.24) is 4.90 Å². The summed E-state index contributed by atoms with van der Waals surface area (Å²) < 4.78 is 13.3. The number of para-hydroxylation sites is 1. The molecule has 0 aromatic heterocycles. The standard InChI is InChI=1S/C12H13FN2O2/c13-9-5-1-2-6-10(9)14-11(16)12(17)15-7-3-4-8-15/h1-2,5-6H,3-4,7-8H2,(H,14,16). The highest BCUT2D eigenvalue weighted by Crippen LogP contribution is 2.13. The molecule has 1 aromatic carbocycles. The lowest BCUT2D eigenvalue weighted by molar-refractivity contribution is -0.142. The Balaban J connectivity index is 2.01. The molecule has 1 N–H and O–H groups in total. The lowest BCUT2D eigenvalue weighted by Crippen LogP contribution is -2.37. The number of nitrogens with zero attached hydrogens (tertiary/aromatic N) is 1. The van der Waals surface area contributed by atoms with E-state index in [9.17, 15) is 14.0 Å². The van der Waals surface area contributed by atoms with Crippen LogP contribution in [-0.2, 0) is 9.59 Å². The average Bonchev–Trinajstić information content (AvgIpc) is 2.84. The third-order valence-electron chi connectivity index (χ3n) is 2.71. The van der Waals surface area contributed by atoms with Gasteiger partial charge in [0.05, 0.1) is 5.69 Å². The summed E-state index contributed by atoms with van der Waals surface area (Å²) in [5.74, 6) is -1.92. The van der Waals surface area contributed by atoms with E-state index in [1.165, 1.54) is 23.1 Å². The van der Waals surface area contributed by atoms with Crippen LogP contribution in [0.5, 0.6) is 0 Å². The largest absolute Gasteiger partial charge is 0.334 e. The number of rotatable bonds is 1. The second-order valence-electron chi connectivity index (χ2n) is 3.93. The number of carbonyl (C=O) groups is 2. The van der Waals surface area contributed by atoms with Crippen molar-refractivity contribution in [3.05, 3.63) is 30.1 Å². The van der Waals surface area contributed by atoms with E-state index in [4.69, 9.17) is 0 Å². The molecule has 17 heavy (non-hydrogen) atoms. The van der Waals surface area contributed by atoms with Gasteiger partial charge in [0.2, 0.25) is 0 Å². The first-order chi connectivity index (χ1) is 8.18. The van der Waals surface area contributed by atoms with E-state index in [-0.39, 0.29) is 5.69 Å². The van der Waals surface area contributed by atoms with E-state index in [2.05, 4.69) is 5.32 Å². The fraction of sp³-hybridized carbons (Fsp3) is 0.333. The predicted molar refractivity (Wildman–Crippen MR) is 60.8 cm³/mol. The molecule has 4 nitrogen and oxygen atoms in total. The van der Waals surface area contributed by atoms with Crippen LogP contribution in [0.1, 0.15) is 12.8 Å². The van der Waals surface area contributed by atoms with Gasteiger partial charge in [0.1, 0.15) is 5.82 Å². The van der Waals surface area contributed by atoms with Crippen molar-refractivity contribution >= 4 is 17.5 Å². The molecule has 90 valence electrons. The Labute approximate surface area is 98.4 Å². The maximum Gasteiger partial charge on any atom is 0.313 e. The monoisotopic (exact) mass is 236 g/mol. The lowest BCUT2D eigenvalue weighted by atomic mass is 10.3. The van der Waals surface area contributed by atoms with Crippen LogP contribution < -0.4 is 5.32 Å². The molecule has 2 rings (SSSR count). The number of halogens is 1. The van der Waals surface area contributed by atoms with Gasteiger partial charge >= 0.3 is 11.8 Å². The molecule has 0 radical (unpaired) electrons. The Morgan fingerprint density at radius 1 is 1.18 bits per heavy atom. The summed E-state index contributed by atoms with van der Waals surface area (Å²) in [6.45, 7) is 1.20. The summed E-state index contributed by atoms with van der Waals surface area (Å²) in [5.41, 5.74) is 0.0325. The van der Waals surface area contributed by atoms with Crippen LogP contribution in [0, 0.1) is 5.82 Å². The van der Waals surface area contributed by atoms with Crippen LogP contribution >= 0.6 is 0 Å². The molecule has 0 atom stereocenters. The Bertz CT molecular complexity index is 442. The van der Waals surface area contributed by atoms with Crippen LogP contribution in [0.15, 0.2) is 24.3 Å². The summed E-state index contributed by atoms with van der Waals surface area (Å²) >= 11 is 0. The average molecular weight is 236 g/mol. The first-order valence-electron chi connectivity index (χ1n) is 5.53. The van der Waals surface area contributed by atoms with Crippen molar-refractivity contribution in [2.45, 2.75) is 12.8 Å². The molecule has 0 aliphatic carbocycles. The van der Waals surface area contributed by atoms with Crippen molar-refractivity contribution < 1.29 is 14.0 Å². The maximum absolute atomic E-state index is 13.3. The number of carbonyl (C=O) groups excluding carboxylic acids is 2. The summed E-state index contributed by atoms with van der Waals surface area (Å²) in [6.07, 6.45) is 1.83. The maximum atomic E-state index is 13.3. The lowest BCUT2D eigenvalue weighted by Gasteiger charge is -2.14. The van der Waals surface area contributed by atoms with Crippen molar-refractivity contribution in [3.8, 4) is 0 Å². The number of hydrogen-bond acceptors (Lipinski definition) is 2. The third kappa shape index (κ3) is 2.61. The van der Waals surface area contributed by atoms with Crippen molar-refractivity contribution in [1.29, 1.82) is 0 Å². The van der Waals surface area contributed by atoms with Gasteiger partial charge in [-0.15, -0.1) is 0 Å². The second-order valence-corrected chi connectivity index (χ2v) is 3.93. The Kier molecular flexibility index (Phi) is 3.37. The van der Waals surface area contributed by atoms with E-state index in [0.717, 1.165) is 12.8 Å². The number of nitrogens with one attached hydrogen (secondary N) is 1. The number of anilines is 1. The molecule has 0 spiro atoms. The van der Waals surface area contributed by atoms with Gasteiger partial charge in [0.25, 0.3) is 0 Å². The van der Waals surface area contributed by atoms with Gasteiger partial charge in [-0.05, 0) is 25.0 Å². The molecule has 1 heterocycles. The summed E-state index contributed by atoms with van der Waals surface area (Å²) in [7, 11) is 0. The van der Waals surface area contributed by atoms with Crippen molar-refractivity contribution in [2.75, 3.05) is 18.4 Å². The van der Waals surface area contributed by atoms with Crippen molar-refractivity contribution in [3.63, 3.8) is 0 Å². The topological polar surface area (TPSA) is 49.4 Å². The molecule has 1 aliphatic heterocycles. The molecule has 0 saturated carbocycles. The van der Waals surface area contributed by atoms with Crippen LogP contribution in [0.4, 0.5) is 10.1 Å². The highest BCUT2D eigenvalue weighted by atomic mass is 19.1. The molecule has 0 bridgehead atoms. The molecule has 1 aliphatic rings. The van der Waals surface area contributed by atoms with Gasteiger partial charge in [0, 0.05) is 13.1 Å². The highest BCUT2D eigenvalue weighted by molar-refractivity contribution is 6.39. The van der Waals surface area contributed by atoms with Crippen molar-refractivity contribution in [2.24, 2.45) is 0 Å². The van der Waals surface area contributed by atoms with Gasteiger partial charge in [0.15, 0.2) is 0 Å². The zero-order valence-corrected chi connectivity index (χ0v) is 9.28. The minimum atomic E-state index is -0.781. The minimum Gasteiger partial charge on any atom is -0.334 e.